The Morgan fingerprint density at radius 2 is 1.12 bits per heavy atom. The van der Waals surface area contributed by atoms with Crippen molar-refractivity contribution in [3.05, 3.63) is 47.5 Å². The third-order valence-electron chi connectivity index (χ3n) is 3.13. The first kappa shape index (κ1) is 16.5. The summed E-state index contributed by atoms with van der Waals surface area (Å²) in [5.74, 6) is -2.73. The van der Waals surface area contributed by atoms with Gasteiger partial charge in [-0.3, -0.25) is 0 Å². The summed E-state index contributed by atoms with van der Waals surface area (Å²) in [5, 5.41) is 18.7. The SMILES string of the molecule is O=C=Nc1cccc(C(=O)O)c1-c1c(N=C=O)cccc1C(=O)O. The first-order chi connectivity index (χ1) is 11.5. The van der Waals surface area contributed by atoms with Crippen LogP contribution in [0.4, 0.5) is 11.4 Å². The zero-order valence-corrected chi connectivity index (χ0v) is 11.9. The van der Waals surface area contributed by atoms with E-state index in [0.29, 0.717) is 0 Å². The van der Waals surface area contributed by atoms with E-state index in [0.717, 1.165) is 0 Å². The minimum absolute atomic E-state index is 0.110. The standard InChI is InChI=1S/C16H8N2O6/c19-7-17-11-5-1-3-9(15(21)22)13(11)14-10(16(23)24)4-2-6-12(14)18-8-20/h1-6H,(H,21,22)(H,23,24). The van der Waals surface area contributed by atoms with E-state index in [4.69, 9.17) is 0 Å². The maximum atomic E-state index is 11.5. The third-order valence-corrected chi connectivity index (χ3v) is 3.13. The highest BCUT2D eigenvalue weighted by Gasteiger charge is 2.23. The van der Waals surface area contributed by atoms with Gasteiger partial charge in [-0.25, -0.2) is 19.2 Å². The van der Waals surface area contributed by atoms with Crippen molar-refractivity contribution < 1.29 is 29.4 Å². The molecule has 118 valence electrons. The van der Waals surface area contributed by atoms with E-state index in [-0.39, 0.29) is 33.6 Å². The molecule has 0 bridgehead atoms. The molecule has 8 nitrogen and oxygen atoms in total. The van der Waals surface area contributed by atoms with Crippen LogP contribution in [0, 0.1) is 0 Å². The number of carboxylic acid groups (broad SMARTS) is 2. The second-order valence-electron chi connectivity index (χ2n) is 4.42. The zero-order chi connectivity index (χ0) is 17.7. The molecule has 0 aliphatic rings. The lowest BCUT2D eigenvalue weighted by Crippen LogP contribution is -2.05. The number of isocyanates is 2. The monoisotopic (exact) mass is 324 g/mol. The Kier molecular flexibility index (Phi) is 4.77. The van der Waals surface area contributed by atoms with Crippen LogP contribution in [0.5, 0.6) is 0 Å². The summed E-state index contributed by atoms with van der Waals surface area (Å²) in [6, 6.07) is 7.76. The highest BCUT2D eigenvalue weighted by Crippen LogP contribution is 2.41. The van der Waals surface area contributed by atoms with Crippen LogP contribution in [0.1, 0.15) is 20.7 Å². The molecule has 2 aromatic rings. The Labute approximate surface area is 134 Å². The molecule has 2 aromatic carbocycles. The topological polar surface area (TPSA) is 133 Å². The van der Waals surface area contributed by atoms with E-state index in [1.807, 2.05) is 0 Å². The molecule has 24 heavy (non-hydrogen) atoms. The van der Waals surface area contributed by atoms with Gasteiger partial charge in [0.05, 0.1) is 22.5 Å². The summed E-state index contributed by atoms with van der Waals surface area (Å²) in [7, 11) is 0. The minimum Gasteiger partial charge on any atom is -0.478 e. The summed E-state index contributed by atoms with van der Waals surface area (Å²) < 4.78 is 0. The van der Waals surface area contributed by atoms with Gasteiger partial charge in [-0.1, -0.05) is 12.1 Å². The average molecular weight is 324 g/mol. The lowest BCUT2D eigenvalue weighted by molar-refractivity contribution is 0.0684. The minimum atomic E-state index is -1.37. The van der Waals surface area contributed by atoms with Crippen LogP contribution in [0.25, 0.3) is 11.1 Å². The van der Waals surface area contributed by atoms with Gasteiger partial charge in [-0.2, -0.15) is 9.98 Å². The van der Waals surface area contributed by atoms with Crippen LogP contribution < -0.4 is 0 Å². The summed E-state index contributed by atoms with van der Waals surface area (Å²) in [4.78, 5) is 51.1. The van der Waals surface area contributed by atoms with E-state index < -0.39 is 11.9 Å². The first-order valence-electron chi connectivity index (χ1n) is 6.40. The van der Waals surface area contributed by atoms with Crippen molar-refractivity contribution >= 4 is 35.5 Å². The molecule has 0 radical (unpaired) electrons. The largest absolute Gasteiger partial charge is 0.478 e. The number of rotatable bonds is 5. The fourth-order valence-corrected chi connectivity index (χ4v) is 2.25. The van der Waals surface area contributed by atoms with Gasteiger partial charge >= 0.3 is 11.9 Å². The molecule has 2 rings (SSSR count). The van der Waals surface area contributed by atoms with Crippen molar-refractivity contribution in [1.82, 2.24) is 0 Å². The Morgan fingerprint density at radius 3 is 1.42 bits per heavy atom. The molecule has 0 unspecified atom stereocenters. The maximum absolute atomic E-state index is 11.5. The molecule has 8 heteroatoms. The molecule has 0 aliphatic heterocycles. The van der Waals surface area contributed by atoms with Crippen LogP contribution in [-0.2, 0) is 9.59 Å². The number of hydrogen-bond donors (Lipinski definition) is 2. The molecule has 0 saturated heterocycles. The van der Waals surface area contributed by atoms with Gasteiger partial charge < -0.3 is 10.2 Å². The van der Waals surface area contributed by atoms with Crippen LogP contribution in [-0.4, -0.2) is 34.3 Å². The van der Waals surface area contributed by atoms with Crippen LogP contribution in [0.2, 0.25) is 0 Å². The number of nitrogens with zero attached hydrogens (tertiary/aromatic N) is 2. The fraction of sp³-hybridized carbons (Fsp3) is 0. The molecule has 0 aliphatic carbocycles. The van der Waals surface area contributed by atoms with Crippen LogP contribution in [0.3, 0.4) is 0 Å². The Morgan fingerprint density at radius 1 is 0.750 bits per heavy atom. The van der Waals surface area contributed by atoms with Crippen molar-refractivity contribution in [2.45, 2.75) is 0 Å². The normalized spacial score (nSPS) is 9.50. The van der Waals surface area contributed by atoms with E-state index in [1.165, 1.54) is 48.6 Å². The van der Waals surface area contributed by atoms with E-state index in [2.05, 4.69) is 9.98 Å². The molecule has 0 saturated carbocycles. The molecule has 0 spiro atoms. The average Bonchev–Trinajstić information content (AvgIpc) is 2.55. The quantitative estimate of drug-likeness (QED) is 0.641. The Hall–Kier alpha value is -3.86. The molecular weight excluding hydrogens is 316 g/mol. The van der Waals surface area contributed by atoms with Gasteiger partial charge in [0.25, 0.3) is 0 Å². The van der Waals surface area contributed by atoms with E-state index in [9.17, 15) is 29.4 Å². The van der Waals surface area contributed by atoms with Gasteiger partial charge in [0.15, 0.2) is 0 Å². The van der Waals surface area contributed by atoms with Crippen LogP contribution >= 0.6 is 0 Å². The number of carbonyl (C=O) groups excluding carboxylic acids is 2. The summed E-state index contributed by atoms with van der Waals surface area (Å²) in [6.07, 6.45) is 2.57. The molecule has 0 heterocycles. The predicted molar refractivity (Wildman–Crippen MR) is 81.4 cm³/mol. The second-order valence-corrected chi connectivity index (χ2v) is 4.42. The summed E-state index contributed by atoms with van der Waals surface area (Å²) in [5.41, 5.74) is -1.13. The summed E-state index contributed by atoms with van der Waals surface area (Å²) >= 11 is 0. The number of hydrogen-bond acceptors (Lipinski definition) is 6. The van der Waals surface area contributed by atoms with Gasteiger partial charge in [0.1, 0.15) is 0 Å². The maximum Gasteiger partial charge on any atom is 0.336 e. The molecule has 0 atom stereocenters. The molecular formula is C16H8N2O6. The highest BCUT2D eigenvalue weighted by molar-refractivity contribution is 6.08. The number of aromatic carboxylic acids is 2. The number of carboxylic acids is 2. The number of aliphatic imine (C=N–C) groups is 2. The fourth-order valence-electron chi connectivity index (χ4n) is 2.25. The molecule has 2 N–H and O–H groups in total. The number of benzene rings is 2. The van der Waals surface area contributed by atoms with Gasteiger partial charge in [-0.05, 0) is 24.3 Å². The zero-order valence-electron chi connectivity index (χ0n) is 11.9. The number of carbonyl (C=O) groups is 2. The van der Waals surface area contributed by atoms with E-state index >= 15 is 0 Å². The van der Waals surface area contributed by atoms with Gasteiger partial charge in [0, 0.05) is 11.1 Å². The molecule has 0 fully saturated rings. The van der Waals surface area contributed by atoms with E-state index in [1.54, 1.807) is 0 Å². The van der Waals surface area contributed by atoms with Gasteiger partial charge in [-0.15, -0.1) is 0 Å². The molecule has 0 aromatic heterocycles. The van der Waals surface area contributed by atoms with Crippen molar-refractivity contribution in [1.29, 1.82) is 0 Å². The third kappa shape index (κ3) is 3.00. The lowest BCUT2D eigenvalue weighted by Gasteiger charge is -2.13. The van der Waals surface area contributed by atoms with Crippen molar-refractivity contribution in [3.63, 3.8) is 0 Å². The Bertz CT molecular complexity index is 820. The first-order valence-corrected chi connectivity index (χ1v) is 6.40. The van der Waals surface area contributed by atoms with Crippen molar-refractivity contribution in [3.8, 4) is 11.1 Å². The molecule has 0 amide bonds. The predicted octanol–water partition coefficient (Wildman–Crippen LogP) is 2.68. The highest BCUT2D eigenvalue weighted by atomic mass is 16.4. The van der Waals surface area contributed by atoms with Gasteiger partial charge in [0.2, 0.25) is 12.2 Å². The summed E-state index contributed by atoms with van der Waals surface area (Å²) in [6.45, 7) is 0. The Balaban J connectivity index is 3.05. The van der Waals surface area contributed by atoms with Crippen molar-refractivity contribution in [2.24, 2.45) is 9.98 Å². The second kappa shape index (κ2) is 6.93. The smallest absolute Gasteiger partial charge is 0.336 e. The van der Waals surface area contributed by atoms with Crippen molar-refractivity contribution in [2.75, 3.05) is 0 Å². The van der Waals surface area contributed by atoms with Crippen LogP contribution in [0.15, 0.2) is 46.4 Å². The lowest BCUT2D eigenvalue weighted by atomic mass is 9.92.